The zero-order valence-corrected chi connectivity index (χ0v) is 12.3. The molecule has 1 rings (SSSR count). The highest BCUT2D eigenvalue weighted by atomic mass is 32.1. The van der Waals surface area contributed by atoms with Crippen LogP contribution in [0.5, 0.6) is 0 Å². The van der Waals surface area contributed by atoms with E-state index in [-0.39, 0.29) is 5.91 Å². The second-order valence-corrected chi connectivity index (χ2v) is 5.77. The highest BCUT2D eigenvalue weighted by Crippen LogP contribution is 2.16. The third kappa shape index (κ3) is 4.74. The molecule has 0 aliphatic rings. The largest absolute Gasteiger partial charge is 0.341 e. The number of carbonyl (C=O) groups excluding carboxylic acids is 1. The first-order valence-electron chi connectivity index (χ1n) is 6.37. The molecule has 0 aliphatic carbocycles. The van der Waals surface area contributed by atoms with Gasteiger partial charge in [-0.15, -0.1) is 11.3 Å². The molecule has 0 saturated carbocycles. The number of nitrogens with zero attached hydrogens (tertiary/aromatic N) is 2. The number of nitrogens with two attached hydrogens (primary N) is 1. The van der Waals surface area contributed by atoms with Gasteiger partial charge in [-0.05, 0) is 32.2 Å². The molecular weight excluding hydrogens is 246 g/mol. The van der Waals surface area contributed by atoms with Crippen LogP contribution < -0.4 is 5.73 Å². The monoisotopic (exact) mass is 269 g/mol. The molecule has 0 spiro atoms. The van der Waals surface area contributed by atoms with Gasteiger partial charge < -0.3 is 10.6 Å². The van der Waals surface area contributed by atoms with Crippen LogP contribution in [0.3, 0.4) is 0 Å². The zero-order chi connectivity index (χ0) is 13.5. The Morgan fingerprint density at radius 1 is 1.56 bits per heavy atom. The van der Waals surface area contributed by atoms with Crippen LogP contribution >= 0.6 is 11.3 Å². The molecule has 1 atom stereocenters. The molecule has 0 aromatic carbocycles. The Bertz CT molecular complexity index is 378. The Labute approximate surface area is 113 Å². The Morgan fingerprint density at radius 2 is 2.28 bits per heavy atom. The van der Waals surface area contributed by atoms with Crippen LogP contribution in [-0.2, 0) is 11.3 Å². The zero-order valence-electron chi connectivity index (χ0n) is 11.5. The van der Waals surface area contributed by atoms with Crippen molar-refractivity contribution in [2.75, 3.05) is 13.6 Å². The molecule has 18 heavy (non-hydrogen) atoms. The Hall–Kier alpha value is -0.940. The quantitative estimate of drug-likeness (QED) is 0.825. The number of carbonyl (C=O) groups is 1. The molecule has 1 aromatic heterocycles. The number of rotatable bonds is 7. The summed E-state index contributed by atoms with van der Waals surface area (Å²) in [7, 11) is 1.86. The summed E-state index contributed by atoms with van der Waals surface area (Å²) in [6, 6.07) is 0. The van der Waals surface area contributed by atoms with E-state index in [1.54, 1.807) is 16.2 Å². The summed E-state index contributed by atoms with van der Waals surface area (Å²) in [5.74, 6) is 0.726. The van der Waals surface area contributed by atoms with Crippen LogP contribution in [0.1, 0.15) is 36.8 Å². The lowest BCUT2D eigenvalue weighted by atomic mass is 10.0. The van der Waals surface area contributed by atoms with Gasteiger partial charge in [-0.3, -0.25) is 4.79 Å². The summed E-state index contributed by atoms with van der Waals surface area (Å²) in [6.07, 6.45) is 2.52. The van der Waals surface area contributed by atoms with E-state index in [0.29, 0.717) is 25.4 Å². The van der Waals surface area contributed by atoms with Crippen molar-refractivity contribution in [3.8, 4) is 0 Å². The molecule has 0 saturated heterocycles. The molecule has 0 bridgehead atoms. The van der Waals surface area contributed by atoms with Crippen LogP contribution in [0.2, 0.25) is 0 Å². The average molecular weight is 269 g/mol. The average Bonchev–Trinajstić information content (AvgIpc) is 2.72. The maximum atomic E-state index is 12.0. The van der Waals surface area contributed by atoms with E-state index in [1.807, 2.05) is 19.5 Å². The van der Waals surface area contributed by atoms with Crippen LogP contribution in [0, 0.1) is 12.8 Å². The number of aromatic nitrogens is 1. The molecule has 0 radical (unpaired) electrons. The Morgan fingerprint density at radius 3 is 2.83 bits per heavy atom. The van der Waals surface area contributed by atoms with Crippen molar-refractivity contribution in [3.05, 3.63) is 16.1 Å². The first kappa shape index (κ1) is 15.1. The molecule has 4 nitrogen and oxygen atoms in total. The predicted molar refractivity (Wildman–Crippen MR) is 75.4 cm³/mol. The fourth-order valence-electron chi connectivity index (χ4n) is 1.77. The van der Waals surface area contributed by atoms with Gasteiger partial charge in [-0.1, -0.05) is 6.92 Å². The van der Waals surface area contributed by atoms with Gasteiger partial charge in [0.15, 0.2) is 0 Å². The van der Waals surface area contributed by atoms with E-state index >= 15 is 0 Å². The predicted octanol–water partition coefficient (Wildman–Crippen LogP) is 2.18. The van der Waals surface area contributed by atoms with Crippen LogP contribution in [0.4, 0.5) is 0 Å². The normalized spacial score (nSPS) is 12.4. The second-order valence-electron chi connectivity index (χ2n) is 4.83. The van der Waals surface area contributed by atoms with E-state index in [9.17, 15) is 4.79 Å². The molecule has 5 heteroatoms. The molecular formula is C13H23N3OS. The van der Waals surface area contributed by atoms with E-state index in [0.717, 1.165) is 18.5 Å². The highest BCUT2D eigenvalue weighted by molar-refractivity contribution is 7.09. The third-order valence-electron chi connectivity index (χ3n) is 3.16. The molecule has 1 unspecified atom stereocenters. The van der Waals surface area contributed by atoms with Gasteiger partial charge in [-0.2, -0.15) is 0 Å². The fraction of sp³-hybridized carbons (Fsp3) is 0.692. The van der Waals surface area contributed by atoms with E-state index in [2.05, 4.69) is 11.9 Å². The van der Waals surface area contributed by atoms with Crippen LogP contribution in [-0.4, -0.2) is 29.4 Å². The van der Waals surface area contributed by atoms with Gasteiger partial charge >= 0.3 is 0 Å². The van der Waals surface area contributed by atoms with Crippen molar-refractivity contribution in [1.82, 2.24) is 9.88 Å². The van der Waals surface area contributed by atoms with Crippen molar-refractivity contribution >= 4 is 17.2 Å². The maximum Gasteiger partial charge on any atom is 0.222 e. The lowest BCUT2D eigenvalue weighted by molar-refractivity contribution is -0.130. The molecule has 1 amide bonds. The smallest absolute Gasteiger partial charge is 0.222 e. The minimum atomic E-state index is 0.201. The summed E-state index contributed by atoms with van der Waals surface area (Å²) in [5.41, 5.74) is 8.35. The summed E-state index contributed by atoms with van der Waals surface area (Å²) >= 11 is 1.61. The van der Waals surface area contributed by atoms with E-state index in [1.165, 1.54) is 4.88 Å². The number of amides is 1. The summed E-state index contributed by atoms with van der Waals surface area (Å²) in [5, 5.41) is 0. The molecule has 2 N–H and O–H groups in total. The fourth-order valence-corrected chi connectivity index (χ4v) is 2.60. The summed E-state index contributed by atoms with van der Waals surface area (Å²) in [6.45, 7) is 5.49. The summed E-state index contributed by atoms with van der Waals surface area (Å²) < 4.78 is 0. The van der Waals surface area contributed by atoms with Crippen molar-refractivity contribution in [1.29, 1.82) is 0 Å². The maximum absolute atomic E-state index is 12.0. The molecule has 0 fully saturated rings. The van der Waals surface area contributed by atoms with Gasteiger partial charge in [0.1, 0.15) is 0 Å². The summed E-state index contributed by atoms with van der Waals surface area (Å²) in [4.78, 5) is 19.1. The van der Waals surface area contributed by atoms with Crippen molar-refractivity contribution < 1.29 is 4.79 Å². The van der Waals surface area contributed by atoms with Gasteiger partial charge in [0.05, 0.1) is 17.7 Å². The molecule has 102 valence electrons. The molecule has 0 aliphatic heterocycles. The lowest BCUT2D eigenvalue weighted by Crippen LogP contribution is -2.26. The topological polar surface area (TPSA) is 59.2 Å². The number of hydrogen-bond acceptors (Lipinski definition) is 4. The van der Waals surface area contributed by atoms with Gasteiger partial charge in [0, 0.05) is 18.3 Å². The SMILES string of the molecule is Cc1ncsc1CN(C)C(=O)CCC(C)CCN. The molecule has 1 heterocycles. The highest BCUT2D eigenvalue weighted by Gasteiger charge is 2.13. The van der Waals surface area contributed by atoms with Crippen molar-refractivity contribution in [2.24, 2.45) is 11.7 Å². The van der Waals surface area contributed by atoms with Gasteiger partial charge in [0.25, 0.3) is 0 Å². The molecule has 1 aromatic rings. The minimum Gasteiger partial charge on any atom is -0.341 e. The number of aryl methyl sites for hydroxylation is 1. The Kier molecular flexibility index (Phi) is 6.29. The van der Waals surface area contributed by atoms with Crippen LogP contribution in [0.15, 0.2) is 5.51 Å². The first-order chi connectivity index (χ1) is 8.54. The number of hydrogen-bond donors (Lipinski definition) is 1. The van der Waals surface area contributed by atoms with Crippen LogP contribution in [0.25, 0.3) is 0 Å². The Balaban J connectivity index is 2.35. The van der Waals surface area contributed by atoms with Crippen molar-refractivity contribution in [2.45, 2.75) is 39.7 Å². The van der Waals surface area contributed by atoms with Gasteiger partial charge in [-0.25, -0.2) is 4.98 Å². The first-order valence-corrected chi connectivity index (χ1v) is 7.25. The minimum absolute atomic E-state index is 0.201. The lowest BCUT2D eigenvalue weighted by Gasteiger charge is -2.18. The van der Waals surface area contributed by atoms with Crippen molar-refractivity contribution in [3.63, 3.8) is 0 Å². The number of thiazole rings is 1. The standard InChI is InChI=1S/C13H23N3OS/c1-10(6-7-14)4-5-13(17)16(3)8-12-11(2)15-9-18-12/h9-10H,4-8,14H2,1-3H3. The van der Waals surface area contributed by atoms with E-state index < -0.39 is 0 Å². The van der Waals surface area contributed by atoms with E-state index in [4.69, 9.17) is 5.73 Å². The second kappa shape index (κ2) is 7.48. The van der Waals surface area contributed by atoms with Gasteiger partial charge in [0.2, 0.25) is 5.91 Å². The third-order valence-corrected chi connectivity index (χ3v) is 4.08.